The largest absolute Gasteiger partial charge is 0.335 e. The maximum Gasteiger partial charge on any atom is 0.254 e. The van der Waals surface area contributed by atoms with Crippen LogP contribution in [-0.4, -0.2) is 40.1 Å². The van der Waals surface area contributed by atoms with E-state index in [9.17, 15) is 4.79 Å². The van der Waals surface area contributed by atoms with E-state index >= 15 is 0 Å². The predicted molar refractivity (Wildman–Crippen MR) is 99.1 cm³/mol. The SMILES string of the molecule is CSc1cccc(C(=O)N2CCCC[C@H]2CSC(C)(C)C)c1. The van der Waals surface area contributed by atoms with Crippen LogP contribution in [0.25, 0.3) is 0 Å². The Morgan fingerprint density at radius 2 is 2.09 bits per heavy atom. The summed E-state index contributed by atoms with van der Waals surface area (Å²) in [5.74, 6) is 1.24. The van der Waals surface area contributed by atoms with E-state index in [1.807, 2.05) is 36.2 Å². The smallest absolute Gasteiger partial charge is 0.254 e. The maximum absolute atomic E-state index is 12.9. The summed E-state index contributed by atoms with van der Waals surface area (Å²) >= 11 is 3.65. The molecule has 0 saturated carbocycles. The molecule has 2 nitrogen and oxygen atoms in total. The molecule has 1 aliphatic heterocycles. The van der Waals surface area contributed by atoms with E-state index in [1.54, 1.807) is 11.8 Å². The predicted octanol–water partition coefficient (Wildman–Crippen LogP) is 4.93. The Labute approximate surface area is 143 Å². The first-order valence-electron chi connectivity index (χ1n) is 8.00. The van der Waals surface area contributed by atoms with Gasteiger partial charge in [-0.05, 0) is 43.7 Å². The van der Waals surface area contributed by atoms with Gasteiger partial charge in [-0.25, -0.2) is 0 Å². The molecule has 1 fully saturated rings. The number of hydrogen-bond donors (Lipinski definition) is 0. The summed E-state index contributed by atoms with van der Waals surface area (Å²) in [6, 6.07) is 8.40. The van der Waals surface area contributed by atoms with E-state index < -0.39 is 0 Å². The highest BCUT2D eigenvalue weighted by Gasteiger charge is 2.28. The Kier molecular flexibility index (Phi) is 6.27. The average Bonchev–Trinajstić information content (AvgIpc) is 2.52. The highest BCUT2D eigenvalue weighted by molar-refractivity contribution is 8.00. The summed E-state index contributed by atoms with van der Waals surface area (Å²) < 4.78 is 0.255. The van der Waals surface area contributed by atoms with Gasteiger partial charge in [-0.2, -0.15) is 11.8 Å². The third-order valence-corrected chi connectivity index (χ3v) is 6.06. The van der Waals surface area contributed by atoms with Gasteiger partial charge in [0.2, 0.25) is 0 Å². The Morgan fingerprint density at radius 1 is 1.32 bits per heavy atom. The highest BCUT2D eigenvalue weighted by Crippen LogP contribution is 2.29. The Balaban J connectivity index is 2.10. The minimum absolute atomic E-state index is 0.204. The number of thioether (sulfide) groups is 2. The van der Waals surface area contributed by atoms with Gasteiger partial charge in [0, 0.05) is 33.5 Å². The summed E-state index contributed by atoms with van der Waals surface area (Å²) in [5.41, 5.74) is 0.833. The zero-order valence-corrected chi connectivity index (χ0v) is 15.7. The second-order valence-corrected chi connectivity index (χ2v) is 9.53. The lowest BCUT2D eigenvalue weighted by atomic mass is 10.0. The van der Waals surface area contributed by atoms with Gasteiger partial charge >= 0.3 is 0 Å². The number of carbonyl (C=O) groups excluding carboxylic acids is 1. The van der Waals surface area contributed by atoms with Gasteiger partial charge in [0.05, 0.1) is 0 Å². The molecule has 0 aromatic heterocycles. The minimum atomic E-state index is 0.204. The standard InChI is InChI=1S/C18H27NOS2/c1-18(2,3)22-13-15-9-5-6-11-19(15)17(20)14-8-7-10-16(12-14)21-4/h7-8,10,12,15H,5-6,9,11,13H2,1-4H3/t15-/m0/s1. The number of carbonyl (C=O) groups is 1. The Hall–Kier alpha value is -0.610. The van der Waals surface area contributed by atoms with Crippen molar-refractivity contribution in [2.45, 2.75) is 55.7 Å². The van der Waals surface area contributed by atoms with E-state index in [1.165, 1.54) is 6.42 Å². The molecule has 0 radical (unpaired) electrons. The second-order valence-electron chi connectivity index (χ2n) is 6.80. The molecule has 0 bridgehead atoms. The van der Waals surface area contributed by atoms with E-state index in [0.29, 0.717) is 6.04 Å². The molecule has 1 aromatic rings. The summed E-state index contributed by atoms with van der Waals surface area (Å²) in [5, 5.41) is 0. The zero-order valence-electron chi connectivity index (χ0n) is 14.1. The van der Waals surface area contributed by atoms with Crippen molar-refractivity contribution >= 4 is 29.4 Å². The lowest BCUT2D eigenvalue weighted by Gasteiger charge is -2.37. The Bertz CT molecular complexity index is 510. The van der Waals surface area contributed by atoms with E-state index in [0.717, 1.165) is 35.6 Å². The first kappa shape index (κ1) is 17.7. The minimum Gasteiger partial charge on any atom is -0.335 e. The Morgan fingerprint density at radius 3 is 2.77 bits per heavy atom. The summed E-state index contributed by atoms with van der Waals surface area (Å²) in [4.78, 5) is 16.2. The lowest BCUT2D eigenvalue weighted by Crippen LogP contribution is -2.45. The number of hydrogen-bond acceptors (Lipinski definition) is 3. The van der Waals surface area contributed by atoms with E-state index in [-0.39, 0.29) is 10.7 Å². The van der Waals surface area contributed by atoms with Crippen molar-refractivity contribution in [3.8, 4) is 0 Å². The first-order valence-corrected chi connectivity index (χ1v) is 10.2. The van der Waals surface area contributed by atoms with Crippen molar-refractivity contribution in [3.05, 3.63) is 29.8 Å². The van der Waals surface area contributed by atoms with Gasteiger partial charge in [0.25, 0.3) is 5.91 Å². The highest BCUT2D eigenvalue weighted by atomic mass is 32.2. The van der Waals surface area contributed by atoms with Crippen molar-refractivity contribution in [2.75, 3.05) is 18.6 Å². The number of amides is 1. The van der Waals surface area contributed by atoms with Crippen molar-refractivity contribution in [1.29, 1.82) is 0 Å². The molecule has 0 spiro atoms. The third-order valence-electron chi connectivity index (χ3n) is 3.91. The molecule has 1 atom stereocenters. The molecule has 1 amide bonds. The molecule has 1 aromatic carbocycles. The van der Waals surface area contributed by atoms with Crippen molar-refractivity contribution in [3.63, 3.8) is 0 Å². The van der Waals surface area contributed by atoms with Crippen LogP contribution in [0.2, 0.25) is 0 Å². The molecule has 0 aliphatic carbocycles. The molecule has 1 aliphatic rings. The van der Waals surface area contributed by atoms with Gasteiger partial charge in [-0.3, -0.25) is 4.79 Å². The van der Waals surface area contributed by atoms with E-state index in [2.05, 4.69) is 31.7 Å². The van der Waals surface area contributed by atoms with Crippen LogP contribution in [0.4, 0.5) is 0 Å². The summed E-state index contributed by atoms with van der Waals surface area (Å²) in [6.07, 6.45) is 5.55. The molecule has 122 valence electrons. The maximum atomic E-state index is 12.9. The van der Waals surface area contributed by atoms with Gasteiger partial charge in [-0.15, -0.1) is 11.8 Å². The van der Waals surface area contributed by atoms with Crippen molar-refractivity contribution in [1.82, 2.24) is 4.90 Å². The molecular weight excluding hydrogens is 310 g/mol. The lowest BCUT2D eigenvalue weighted by molar-refractivity contribution is 0.0640. The first-order chi connectivity index (χ1) is 10.4. The number of benzene rings is 1. The molecule has 22 heavy (non-hydrogen) atoms. The zero-order chi connectivity index (χ0) is 16.2. The number of likely N-dealkylation sites (tertiary alicyclic amines) is 1. The molecule has 0 N–H and O–H groups in total. The van der Waals surface area contributed by atoms with Crippen LogP contribution in [0.15, 0.2) is 29.2 Å². The third kappa shape index (κ3) is 4.95. The van der Waals surface area contributed by atoms with E-state index in [4.69, 9.17) is 0 Å². The van der Waals surface area contributed by atoms with Crippen LogP contribution in [-0.2, 0) is 0 Å². The van der Waals surface area contributed by atoms with Gasteiger partial charge in [-0.1, -0.05) is 26.8 Å². The fourth-order valence-electron chi connectivity index (χ4n) is 2.71. The fourth-order valence-corrected chi connectivity index (χ4v) is 4.21. The average molecular weight is 338 g/mol. The van der Waals surface area contributed by atoms with Gasteiger partial charge in [0.15, 0.2) is 0 Å². The molecule has 0 unspecified atom stereocenters. The second kappa shape index (κ2) is 7.78. The topological polar surface area (TPSA) is 20.3 Å². The summed E-state index contributed by atoms with van der Waals surface area (Å²) in [7, 11) is 0. The number of nitrogens with zero attached hydrogens (tertiary/aromatic N) is 1. The van der Waals surface area contributed by atoms with Crippen LogP contribution in [0.1, 0.15) is 50.4 Å². The monoisotopic (exact) mass is 337 g/mol. The van der Waals surface area contributed by atoms with Gasteiger partial charge in [0.1, 0.15) is 0 Å². The van der Waals surface area contributed by atoms with Crippen LogP contribution in [0.3, 0.4) is 0 Å². The fraction of sp³-hybridized carbons (Fsp3) is 0.611. The van der Waals surface area contributed by atoms with Crippen molar-refractivity contribution in [2.24, 2.45) is 0 Å². The molecule has 1 heterocycles. The van der Waals surface area contributed by atoms with Crippen LogP contribution < -0.4 is 0 Å². The van der Waals surface area contributed by atoms with Crippen LogP contribution >= 0.6 is 23.5 Å². The molecule has 1 saturated heterocycles. The van der Waals surface area contributed by atoms with Crippen LogP contribution in [0.5, 0.6) is 0 Å². The normalized spacial score (nSPS) is 19.3. The van der Waals surface area contributed by atoms with Gasteiger partial charge < -0.3 is 4.90 Å². The summed E-state index contributed by atoms with van der Waals surface area (Å²) in [6.45, 7) is 7.63. The number of piperidine rings is 1. The molecular formula is C18H27NOS2. The molecule has 4 heteroatoms. The number of rotatable bonds is 4. The molecule has 2 rings (SSSR count). The van der Waals surface area contributed by atoms with Crippen molar-refractivity contribution < 1.29 is 4.79 Å². The van der Waals surface area contributed by atoms with Crippen LogP contribution in [0, 0.1) is 0 Å². The quantitative estimate of drug-likeness (QED) is 0.726.